The lowest BCUT2D eigenvalue weighted by Gasteiger charge is -2.00. The van der Waals surface area contributed by atoms with Gasteiger partial charge in [0, 0.05) is 0 Å². The van der Waals surface area contributed by atoms with Gasteiger partial charge in [-0.15, -0.1) is 0 Å². The Morgan fingerprint density at radius 1 is 1.56 bits per heavy atom. The summed E-state index contributed by atoms with van der Waals surface area (Å²) < 4.78 is 0. The van der Waals surface area contributed by atoms with Gasteiger partial charge in [-0.3, -0.25) is 0 Å². The Morgan fingerprint density at radius 3 is 2.00 bits per heavy atom. The SMILES string of the molecule is CC.CCC(C=O)NC. The molecule has 0 spiro atoms. The van der Waals surface area contributed by atoms with Gasteiger partial charge in [-0.25, -0.2) is 0 Å². The van der Waals surface area contributed by atoms with Gasteiger partial charge in [-0.05, 0) is 13.5 Å². The smallest absolute Gasteiger partial charge is 0.136 e. The van der Waals surface area contributed by atoms with Crippen LogP contribution in [0.25, 0.3) is 0 Å². The molecule has 0 radical (unpaired) electrons. The Kier molecular flexibility index (Phi) is 13.4. The zero-order valence-electron chi connectivity index (χ0n) is 6.77. The fraction of sp³-hybridized carbons (Fsp3) is 0.857. The molecule has 0 fully saturated rings. The predicted octanol–water partition coefficient (Wildman–Crippen LogP) is 1.21. The monoisotopic (exact) mass is 131 g/mol. The minimum Gasteiger partial charge on any atom is -0.311 e. The lowest BCUT2D eigenvalue weighted by atomic mass is 10.3. The van der Waals surface area contributed by atoms with Gasteiger partial charge >= 0.3 is 0 Å². The molecular formula is C7H17NO. The molecule has 0 saturated carbocycles. The quantitative estimate of drug-likeness (QED) is 0.583. The molecule has 0 amide bonds. The summed E-state index contributed by atoms with van der Waals surface area (Å²) in [5.41, 5.74) is 0. The van der Waals surface area contributed by atoms with Crippen molar-refractivity contribution in [2.75, 3.05) is 7.05 Å². The molecule has 0 bridgehead atoms. The first kappa shape index (κ1) is 11.4. The standard InChI is InChI=1S/C5H11NO.C2H6/c1-3-5(4-7)6-2;1-2/h4-6H,3H2,1-2H3;1-2H3. The molecule has 0 heterocycles. The fourth-order valence-electron chi connectivity index (χ4n) is 0.368. The van der Waals surface area contributed by atoms with Gasteiger partial charge in [0.25, 0.3) is 0 Å². The molecule has 0 aliphatic carbocycles. The van der Waals surface area contributed by atoms with Crippen molar-refractivity contribution >= 4 is 6.29 Å². The highest BCUT2D eigenvalue weighted by Crippen LogP contribution is 1.80. The number of rotatable bonds is 3. The second kappa shape index (κ2) is 10.6. The summed E-state index contributed by atoms with van der Waals surface area (Å²) in [5.74, 6) is 0. The predicted molar refractivity (Wildman–Crippen MR) is 40.6 cm³/mol. The summed E-state index contributed by atoms with van der Waals surface area (Å²) in [4.78, 5) is 9.90. The summed E-state index contributed by atoms with van der Waals surface area (Å²) in [7, 11) is 1.78. The molecule has 1 unspecified atom stereocenters. The van der Waals surface area contributed by atoms with Crippen molar-refractivity contribution < 1.29 is 4.79 Å². The van der Waals surface area contributed by atoms with Gasteiger partial charge in [0.1, 0.15) is 6.29 Å². The van der Waals surface area contributed by atoms with E-state index in [1.807, 2.05) is 20.8 Å². The van der Waals surface area contributed by atoms with Gasteiger partial charge < -0.3 is 10.1 Å². The maximum absolute atomic E-state index is 9.90. The lowest BCUT2D eigenvalue weighted by molar-refractivity contribution is -0.109. The Morgan fingerprint density at radius 2 is 2.00 bits per heavy atom. The lowest BCUT2D eigenvalue weighted by Crippen LogP contribution is -2.25. The van der Waals surface area contributed by atoms with E-state index in [0.717, 1.165) is 12.7 Å². The van der Waals surface area contributed by atoms with Crippen molar-refractivity contribution in [3.8, 4) is 0 Å². The van der Waals surface area contributed by atoms with Gasteiger partial charge in [0.2, 0.25) is 0 Å². The maximum Gasteiger partial charge on any atom is 0.136 e. The summed E-state index contributed by atoms with van der Waals surface area (Å²) >= 11 is 0. The van der Waals surface area contributed by atoms with Crippen LogP contribution in [0.3, 0.4) is 0 Å². The molecule has 0 aromatic carbocycles. The number of nitrogens with one attached hydrogen (secondary N) is 1. The summed E-state index contributed by atoms with van der Waals surface area (Å²) in [5, 5.41) is 2.83. The van der Waals surface area contributed by atoms with Crippen LogP contribution in [-0.4, -0.2) is 19.4 Å². The highest BCUT2D eigenvalue weighted by molar-refractivity contribution is 5.57. The maximum atomic E-state index is 9.90. The summed E-state index contributed by atoms with van der Waals surface area (Å²) in [6.07, 6.45) is 1.79. The van der Waals surface area contributed by atoms with Crippen LogP contribution in [-0.2, 0) is 4.79 Å². The van der Waals surface area contributed by atoms with E-state index in [4.69, 9.17) is 0 Å². The van der Waals surface area contributed by atoms with Crippen molar-refractivity contribution in [2.45, 2.75) is 33.2 Å². The van der Waals surface area contributed by atoms with E-state index in [2.05, 4.69) is 5.32 Å². The average molecular weight is 131 g/mol. The largest absolute Gasteiger partial charge is 0.311 e. The second-order valence-corrected chi connectivity index (χ2v) is 1.44. The first-order chi connectivity index (χ1) is 4.35. The first-order valence-electron chi connectivity index (χ1n) is 3.47. The number of carbonyl (C=O) groups is 1. The van der Waals surface area contributed by atoms with Crippen molar-refractivity contribution in [1.29, 1.82) is 0 Å². The average Bonchev–Trinajstić information content (AvgIpc) is 1.96. The van der Waals surface area contributed by atoms with Crippen LogP contribution in [0.1, 0.15) is 27.2 Å². The third-order valence-corrected chi connectivity index (χ3v) is 0.975. The first-order valence-corrected chi connectivity index (χ1v) is 3.47. The third kappa shape index (κ3) is 7.63. The van der Waals surface area contributed by atoms with Crippen LogP contribution in [0.5, 0.6) is 0 Å². The van der Waals surface area contributed by atoms with Crippen LogP contribution in [0.2, 0.25) is 0 Å². The van der Waals surface area contributed by atoms with Gasteiger partial charge in [0.15, 0.2) is 0 Å². The molecule has 2 heteroatoms. The molecule has 1 N–H and O–H groups in total. The minimum absolute atomic E-state index is 0.0556. The molecule has 0 aliphatic rings. The molecule has 0 aliphatic heterocycles. The molecule has 2 nitrogen and oxygen atoms in total. The van der Waals surface area contributed by atoms with Crippen molar-refractivity contribution in [3.05, 3.63) is 0 Å². The Labute approximate surface area is 57.6 Å². The van der Waals surface area contributed by atoms with Gasteiger partial charge in [0.05, 0.1) is 6.04 Å². The van der Waals surface area contributed by atoms with Gasteiger partial charge in [-0.2, -0.15) is 0 Å². The van der Waals surface area contributed by atoms with E-state index >= 15 is 0 Å². The number of hydrogen-bond acceptors (Lipinski definition) is 2. The number of carbonyl (C=O) groups excluding carboxylic acids is 1. The summed E-state index contributed by atoms with van der Waals surface area (Å²) in [6.45, 7) is 5.97. The van der Waals surface area contributed by atoms with E-state index in [0.29, 0.717) is 0 Å². The van der Waals surface area contributed by atoms with Crippen LogP contribution in [0.4, 0.5) is 0 Å². The molecule has 56 valence electrons. The van der Waals surface area contributed by atoms with E-state index in [1.54, 1.807) is 7.05 Å². The topological polar surface area (TPSA) is 29.1 Å². The summed E-state index contributed by atoms with van der Waals surface area (Å²) in [6, 6.07) is 0.0556. The number of aldehydes is 1. The Bertz CT molecular complexity index is 50.9. The van der Waals surface area contributed by atoms with Crippen LogP contribution in [0.15, 0.2) is 0 Å². The highest BCUT2D eigenvalue weighted by Gasteiger charge is 1.95. The van der Waals surface area contributed by atoms with Gasteiger partial charge in [-0.1, -0.05) is 20.8 Å². The van der Waals surface area contributed by atoms with Crippen molar-refractivity contribution in [2.24, 2.45) is 0 Å². The number of likely N-dealkylation sites (N-methyl/N-ethyl adjacent to an activating group) is 1. The minimum atomic E-state index is 0.0556. The second-order valence-electron chi connectivity index (χ2n) is 1.44. The molecule has 0 aromatic heterocycles. The van der Waals surface area contributed by atoms with E-state index < -0.39 is 0 Å². The van der Waals surface area contributed by atoms with E-state index in [-0.39, 0.29) is 6.04 Å². The van der Waals surface area contributed by atoms with Crippen LogP contribution >= 0.6 is 0 Å². The molecule has 0 saturated heterocycles. The fourth-order valence-corrected chi connectivity index (χ4v) is 0.368. The third-order valence-electron chi connectivity index (χ3n) is 0.975. The highest BCUT2D eigenvalue weighted by atomic mass is 16.1. The van der Waals surface area contributed by atoms with E-state index in [9.17, 15) is 4.79 Å². The van der Waals surface area contributed by atoms with E-state index in [1.165, 1.54) is 0 Å². The molecule has 0 aromatic rings. The van der Waals surface area contributed by atoms with Crippen LogP contribution in [0, 0.1) is 0 Å². The Balaban J connectivity index is 0. The number of hydrogen-bond donors (Lipinski definition) is 1. The molecule has 1 atom stereocenters. The molecular weight excluding hydrogens is 114 g/mol. The molecule has 0 rings (SSSR count). The zero-order valence-corrected chi connectivity index (χ0v) is 6.77. The zero-order chi connectivity index (χ0) is 7.70. The van der Waals surface area contributed by atoms with Crippen molar-refractivity contribution in [3.63, 3.8) is 0 Å². The normalized spacial score (nSPS) is 11.1. The van der Waals surface area contributed by atoms with Crippen LogP contribution < -0.4 is 5.32 Å². The van der Waals surface area contributed by atoms with Crippen molar-refractivity contribution in [1.82, 2.24) is 5.32 Å². The molecule has 9 heavy (non-hydrogen) atoms. The Hall–Kier alpha value is -0.370.